The van der Waals surface area contributed by atoms with Crippen molar-refractivity contribution in [2.45, 2.75) is 19.8 Å². The molecule has 0 saturated carbocycles. The van der Waals surface area contributed by atoms with Crippen molar-refractivity contribution in [3.8, 4) is 0 Å². The molecule has 0 bridgehead atoms. The molecule has 0 aromatic rings. The highest BCUT2D eigenvalue weighted by Gasteiger charge is 2.14. The third-order valence-corrected chi connectivity index (χ3v) is 2.38. The van der Waals surface area contributed by atoms with Gasteiger partial charge in [-0.3, -0.25) is 4.55 Å². The van der Waals surface area contributed by atoms with Crippen molar-refractivity contribution >= 4 is 10.1 Å². The Morgan fingerprint density at radius 2 is 2.00 bits per heavy atom. The van der Waals surface area contributed by atoms with Gasteiger partial charge in [0, 0.05) is 0 Å². The Hall–Kier alpha value is -0.790. The maximum atomic E-state index is 10.5. The lowest BCUT2D eigenvalue weighted by atomic mass is 10.1. The summed E-state index contributed by atoms with van der Waals surface area (Å²) in [6, 6.07) is 0. The molecule has 1 N–H and O–H groups in total. The fraction of sp³-hybridized carbons (Fsp3) is 0.429. The second kappa shape index (κ2) is 2.68. The molecule has 1 rings (SSSR count). The van der Waals surface area contributed by atoms with Crippen LogP contribution in [-0.4, -0.2) is 13.0 Å². The van der Waals surface area contributed by atoms with Crippen molar-refractivity contribution in [2.24, 2.45) is 0 Å². The molecule has 1 aliphatic rings. The molecule has 0 fully saturated rings. The lowest BCUT2D eigenvalue weighted by Crippen LogP contribution is -2.02. The first-order valence-corrected chi connectivity index (χ1v) is 4.62. The van der Waals surface area contributed by atoms with Crippen molar-refractivity contribution in [3.05, 3.63) is 21.9 Å². The molecule has 0 spiro atoms. The standard InChI is InChI=1S/C7H8O3S/c1-6-2-4-7(5-3-6)11(8,9)10/h2,4H2,1H3,(H,8,9,10). The SMILES string of the molecule is CC1=C=C=C(S(=O)(=O)O)CC1. The van der Waals surface area contributed by atoms with Gasteiger partial charge in [-0.15, -0.1) is 0 Å². The van der Waals surface area contributed by atoms with Crippen LogP contribution in [0.15, 0.2) is 21.9 Å². The first kappa shape index (κ1) is 8.31. The maximum absolute atomic E-state index is 10.5. The number of hydrogen-bond donors (Lipinski definition) is 1. The van der Waals surface area contributed by atoms with Gasteiger partial charge in [0.1, 0.15) is 4.91 Å². The summed E-state index contributed by atoms with van der Waals surface area (Å²) in [6.45, 7) is 1.84. The van der Waals surface area contributed by atoms with Gasteiger partial charge < -0.3 is 0 Å². The van der Waals surface area contributed by atoms with E-state index >= 15 is 0 Å². The van der Waals surface area contributed by atoms with E-state index in [4.69, 9.17) is 4.55 Å². The summed E-state index contributed by atoms with van der Waals surface area (Å²) in [4.78, 5) is -0.0666. The van der Waals surface area contributed by atoms with Gasteiger partial charge in [-0.2, -0.15) is 8.42 Å². The summed E-state index contributed by atoms with van der Waals surface area (Å²) < 4.78 is 29.6. The Morgan fingerprint density at radius 1 is 1.36 bits per heavy atom. The minimum Gasteiger partial charge on any atom is -0.282 e. The van der Waals surface area contributed by atoms with Gasteiger partial charge >= 0.3 is 0 Å². The number of rotatable bonds is 1. The summed E-state index contributed by atoms with van der Waals surface area (Å²) in [7, 11) is -4.02. The summed E-state index contributed by atoms with van der Waals surface area (Å²) in [6.07, 6.45) is 0.958. The molecule has 0 atom stereocenters. The van der Waals surface area contributed by atoms with Gasteiger partial charge in [-0.25, -0.2) is 0 Å². The summed E-state index contributed by atoms with van der Waals surface area (Å²) in [5, 5.41) is 0. The molecule has 0 saturated heterocycles. The van der Waals surface area contributed by atoms with Crippen molar-refractivity contribution in [1.29, 1.82) is 0 Å². The van der Waals surface area contributed by atoms with Crippen LogP contribution in [0.25, 0.3) is 0 Å². The number of allylic oxidation sites excluding steroid dienone is 2. The molecule has 0 radical (unpaired) electrons. The Kier molecular flexibility index (Phi) is 2.03. The molecule has 0 unspecified atom stereocenters. The molecule has 0 aliphatic heterocycles. The third kappa shape index (κ3) is 2.07. The normalized spacial score (nSPS) is 17.6. The fourth-order valence-corrected chi connectivity index (χ4v) is 1.34. The van der Waals surface area contributed by atoms with Crippen LogP contribution < -0.4 is 0 Å². The average Bonchev–Trinajstić information content (AvgIpc) is 1.86. The highest BCUT2D eigenvalue weighted by Crippen LogP contribution is 2.17. The molecule has 0 aromatic carbocycles. The Morgan fingerprint density at radius 3 is 2.36 bits per heavy atom. The lowest BCUT2D eigenvalue weighted by molar-refractivity contribution is 0.489. The van der Waals surface area contributed by atoms with Crippen LogP contribution in [0, 0.1) is 0 Å². The van der Waals surface area contributed by atoms with Crippen molar-refractivity contribution in [3.63, 3.8) is 0 Å². The second-order valence-corrected chi connectivity index (χ2v) is 3.87. The highest BCUT2D eigenvalue weighted by molar-refractivity contribution is 7.89. The topological polar surface area (TPSA) is 54.4 Å². The van der Waals surface area contributed by atoms with Crippen LogP contribution in [0.2, 0.25) is 0 Å². The smallest absolute Gasteiger partial charge is 0.282 e. The van der Waals surface area contributed by atoms with Crippen LogP contribution >= 0.6 is 0 Å². The van der Waals surface area contributed by atoms with Gasteiger partial charge in [-0.1, -0.05) is 11.5 Å². The van der Waals surface area contributed by atoms with Gasteiger partial charge in [0.25, 0.3) is 10.1 Å². The molecule has 0 heterocycles. The Labute approximate surface area is 65.5 Å². The Bertz CT molecular complexity index is 362. The van der Waals surface area contributed by atoms with Gasteiger partial charge in [-0.05, 0) is 25.3 Å². The molecule has 0 aromatic heterocycles. The average molecular weight is 172 g/mol. The summed E-state index contributed by atoms with van der Waals surface area (Å²) >= 11 is 0. The first-order valence-electron chi connectivity index (χ1n) is 3.18. The van der Waals surface area contributed by atoms with Crippen molar-refractivity contribution in [1.82, 2.24) is 0 Å². The van der Waals surface area contributed by atoms with Crippen LogP contribution in [-0.2, 0) is 10.1 Å². The largest absolute Gasteiger partial charge is 0.298 e. The van der Waals surface area contributed by atoms with E-state index < -0.39 is 10.1 Å². The van der Waals surface area contributed by atoms with Crippen LogP contribution in [0.4, 0.5) is 0 Å². The highest BCUT2D eigenvalue weighted by atomic mass is 32.2. The van der Waals surface area contributed by atoms with Crippen LogP contribution in [0.5, 0.6) is 0 Å². The van der Waals surface area contributed by atoms with E-state index in [0.717, 1.165) is 5.57 Å². The molecular weight excluding hydrogens is 164 g/mol. The van der Waals surface area contributed by atoms with E-state index in [0.29, 0.717) is 12.8 Å². The van der Waals surface area contributed by atoms with Crippen molar-refractivity contribution in [2.75, 3.05) is 0 Å². The van der Waals surface area contributed by atoms with E-state index in [9.17, 15) is 8.42 Å². The molecule has 1 aliphatic carbocycles. The van der Waals surface area contributed by atoms with Crippen LogP contribution in [0.1, 0.15) is 19.8 Å². The molecule has 60 valence electrons. The van der Waals surface area contributed by atoms with E-state index in [1.807, 2.05) is 6.92 Å². The summed E-state index contributed by atoms with van der Waals surface area (Å²) in [5.74, 6) is 0. The predicted molar refractivity (Wildman–Crippen MR) is 40.5 cm³/mol. The first-order chi connectivity index (χ1) is 5.00. The zero-order chi connectivity index (χ0) is 8.48. The van der Waals surface area contributed by atoms with Crippen molar-refractivity contribution < 1.29 is 13.0 Å². The van der Waals surface area contributed by atoms with E-state index in [2.05, 4.69) is 11.5 Å². The maximum Gasteiger partial charge on any atom is 0.298 e. The zero-order valence-corrected chi connectivity index (χ0v) is 6.90. The van der Waals surface area contributed by atoms with E-state index in [-0.39, 0.29) is 4.91 Å². The van der Waals surface area contributed by atoms with E-state index in [1.165, 1.54) is 0 Å². The molecule has 4 heteroatoms. The molecular formula is C7H8O3S. The summed E-state index contributed by atoms with van der Waals surface area (Å²) in [5.41, 5.74) is 5.99. The molecule has 0 amide bonds. The quantitative estimate of drug-likeness (QED) is 0.478. The minimum atomic E-state index is -4.02. The second-order valence-electron chi connectivity index (χ2n) is 2.43. The predicted octanol–water partition coefficient (Wildman–Crippen LogP) is 1.25. The van der Waals surface area contributed by atoms with Gasteiger partial charge in [0.05, 0.1) is 0 Å². The molecule has 3 nitrogen and oxygen atoms in total. The monoisotopic (exact) mass is 172 g/mol. The Balaban J connectivity index is 3.24. The lowest BCUT2D eigenvalue weighted by Gasteiger charge is -2.02. The number of hydrogen-bond acceptors (Lipinski definition) is 2. The van der Waals surface area contributed by atoms with Gasteiger partial charge in [0.15, 0.2) is 0 Å². The minimum absolute atomic E-state index is 0.0666. The zero-order valence-electron chi connectivity index (χ0n) is 6.09. The van der Waals surface area contributed by atoms with E-state index in [1.54, 1.807) is 0 Å². The molecule has 11 heavy (non-hydrogen) atoms. The fourth-order valence-electron chi connectivity index (χ4n) is 0.796. The van der Waals surface area contributed by atoms with Crippen LogP contribution in [0.3, 0.4) is 0 Å². The van der Waals surface area contributed by atoms with Gasteiger partial charge in [0.2, 0.25) is 0 Å². The third-order valence-electron chi connectivity index (χ3n) is 1.45.